The highest BCUT2D eigenvalue weighted by Crippen LogP contribution is 2.26. The molecule has 3 N–H and O–H groups in total. The summed E-state index contributed by atoms with van der Waals surface area (Å²) in [6.07, 6.45) is 1.76. The molecule has 0 atom stereocenters. The van der Waals surface area contributed by atoms with Crippen LogP contribution in [0.2, 0.25) is 0 Å². The minimum atomic E-state index is -0.540. The fourth-order valence-corrected chi connectivity index (χ4v) is 1.31. The number of nitrogens with one attached hydrogen (secondary N) is 1. The summed E-state index contributed by atoms with van der Waals surface area (Å²) in [6.45, 7) is 1.91. The van der Waals surface area contributed by atoms with E-state index >= 15 is 0 Å². The largest absolute Gasteiger partial charge is 0.393 e. The summed E-state index contributed by atoms with van der Waals surface area (Å²) in [5.41, 5.74) is 6.81. The molecule has 0 spiro atoms. The van der Waals surface area contributed by atoms with E-state index in [1.807, 2.05) is 6.92 Å². The molecule has 14 heavy (non-hydrogen) atoms. The van der Waals surface area contributed by atoms with Crippen LogP contribution in [0.5, 0.6) is 0 Å². The summed E-state index contributed by atoms with van der Waals surface area (Å²) >= 11 is 0. The molecule has 0 aliphatic heterocycles. The van der Waals surface area contributed by atoms with E-state index in [4.69, 9.17) is 11.1 Å². The number of nitro benzene ring substituents is 1. The van der Waals surface area contributed by atoms with Gasteiger partial charge < -0.3 is 11.1 Å². The van der Waals surface area contributed by atoms with Crippen molar-refractivity contribution in [3.63, 3.8) is 0 Å². The van der Waals surface area contributed by atoms with Gasteiger partial charge in [-0.1, -0.05) is 13.0 Å². The SMILES string of the molecule is CCc1ccc([N+](=O)[O-])c(N)c1C=N. The van der Waals surface area contributed by atoms with Crippen molar-refractivity contribution in [1.29, 1.82) is 5.41 Å². The van der Waals surface area contributed by atoms with Crippen molar-refractivity contribution in [2.45, 2.75) is 13.3 Å². The molecule has 0 amide bonds. The normalized spacial score (nSPS) is 9.79. The lowest BCUT2D eigenvalue weighted by atomic mass is 10.0. The van der Waals surface area contributed by atoms with Crippen molar-refractivity contribution in [1.82, 2.24) is 0 Å². The average Bonchev–Trinajstić information content (AvgIpc) is 2.16. The highest BCUT2D eigenvalue weighted by atomic mass is 16.6. The Bertz CT molecular complexity index is 388. The molecule has 0 radical (unpaired) electrons. The van der Waals surface area contributed by atoms with E-state index in [0.717, 1.165) is 11.8 Å². The Kier molecular flexibility index (Phi) is 2.81. The second-order valence-electron chi connectivity index (χ2n) is 2.83. The fraction of sp³-hybridized carbons (Fsp3) is 0.222. The summed E-state index contributed by atoms with van der Waals surface area (Å²) in [7, 11) is 0. The maximum atomic E-state index is 10.5. The molecular weight excluding hydrogens is 182 g/mol. The van der Waals surface area contributed by atoms with Crippen LogP contribution in [0.4, 0.5) is 11.4 Å². The van der Waals surface area contributed by atoms with Crippen LogP contribution in [0.25, 0.3) is 0 Å². The number of rotatable bonds is 3. The predicted molar refractivity (Wildman–Crippen MR) is 54.8 cm³/mol. The van der Waals surface area contributed by atoms with E-state index in [2.05, 4.69) is 0 Å². The van der Waals surface area contributed by atoms with E-state index in [0.29, 0.717) is 12.0 Å². The predicted octanol–water partition coefficient (Wildman–Crippen LogP) is 1.74. The number of hydrogen-bond acceptors (Lipinski definition) is 4. The van der Waals surface area contributed by atoms with Gasteiger partial charge in [0.1, 0.15) is 5.69 Å². The number of nitrogens with two attached hydrogens (primary N) is 1. The number of hydrogen-bond donors (Lipinski definition) is 2. The maximum absolute atomic E-state index is 10.5. The smallest absolute Gasteiger partial charge is 0.292 e. The van der Waals surface area contributed by atoms with Gasteiger partial charge in [0.2, 0.25) is 0 Å². The van der Waals surface area contributed by atoms with Gasteiger partial charge in [0.05, 0.1) is 4.92 Å². The zero-order valence-corrected chi connectivity index (χ0v) is 7.78. The first-order chi connectivity index (χ1) is 6.61. The number of nitro groups is 1. The first-order valence-electron chi connectivity index (χ1n) is 4.18. The highest BCUT2D eigenvalue weighted by molar-refractivity contribution is 5.90. The van der Waals surface area contributed by atoms with Crippen LogP contribution >= 0.6 is 0 Å². The summed E-state index contributed by atoms with van der Waals surface area (Å²) in [5.74, 6) is 0. The van der Waals surface area contributed by atoms with Crippen LogP contribution in [-0.2, 0) is 6.42 Å². The molecule has 1 aromatic carbocycles. The van der Waals surface area contributed by atoms with E-state index in [9.17, 15) is 10.1 Å². The van der Waals surface area contributed by atoms with Gasteiger partial charge in [0, 0.05) is 17.8 Å². The van der Waals surface area contributed by atoms with E-state index < -0.39 is 4.92 Å². The lowest BCUT2D eigenvalue weighted by Crippen LogP contribution is -2.02. The van der Waals surface area contributed by atoms with Crippen LogP contribution in [0.15, 0.2) is 12.1 Å². The zero-order chi connectivity index (χ0) is 10.7. The van der Waals surface area contributed by atoms with Crippen LogP contribution in [0, 0.1) is 15.5 Å². The molecule has 1 rings (SSSR count). The average molecular weight is 193 g/mol. The van der Waals surface area contributed by atoms with Gasteiger partial charge in [-0.15, -0.1) is 0 Å². The Morgan fingerprint density at radius 3 is 2.71 bits per heavy atom. The Hall–Kier alpha value is -1.91. The fourth-order valence-electron chi connectivity index (χ4n) is 1.31. The third kappa shape index (κ3) is 1.56. The van der Waals surface area contributed by atoms with Gasteiger partial charge in [-0.05, 0) is 12.0 Å². The minimum absolute atomic E-state index is 0.0735. The summed E-state index contributed by atoms with van der Waals surface area (Å²) in [5, 5.41) is 17.7. The van der Waals surface area contributed by atoms with Crippen LogP contribution in [-0.4, -0.2) is 11.1 Å². The Balaban J connectivity index is 3.42. The van der Waals surface area contributed by atoms with Gasteiger partial charge in [-0.2, -0.15) is 0 Å². The zero-order valence-electron chi connectivity index (χ0n) is 7.78. The quantitative estimate of drug-likeness (QED) is 0.331. The number of aryl methyl sites for hydroxylation is 1. The molecule has 1 aromatic rings. The van der Waals surface area contributed by atoms with Gasteiger partial charge in [-0.3, -0.25) is 10.1 Å². The molecule has 0 aliphatic carbocycles. The van der Waals surface area contributed by atoms with Crippen LogP contribution < -0.4 is 5.73 Å². The molecule has 0 aromatic heterocycles. The first kappa shape index (κ1) is 10.2. The van der Waals surface area contributed by atoms with E-state index in [-0.39, 0.29) is 11.4 Å². The topological polar surface area (TPSA) is 93.0 Å². The van der Waals surface area contributed by atoms with Gasteiger partial charge in [-0.25, -0.2) is 0 Å². The molecule has 0 saturated heterocycles. The van der Waals surface area contributed by atoms with Crippen LogP contribution in [0.1, 0.15) is 18.1 Å². The molecule has 74 valence electrons. The van der Waals surface area contributed by atoms with Crippen molar-refractivity contribution in [2.24, 2.45) is 0 Å². The molecule has 0 unspecified atom stereocenters. The third-order valence-corrected chi connectivity index (χ3v) is 2.08. The lowest BCUT2D eigenvalue weighted by molar-refractivity contribution is -0.383. The van der Waals surface area contributed by atoms with Crippen molar-refractivity contribution in [3.8, 4) is 0 Å². The number of anilines is 1. The second-order valence-corrected chi connectivity index (χ2v) is 2.83. The Morgan fingerprint density at radius 1 is 1.64 bits per heavy atom. The third-order valence-electron chi connectivity index (χ3n) is 2.08. The Morgan fingerprint density at radius 2 is 2.29 bits per heavy atom. The monoisotopic (exact) mass is 193 g/mol. The molecule has 0 bridgehead atoms. The summed E-state index contributed by atoms with van der Waals surface area (Å²) < 4.78 is 0. The van der Waals surface area contributed by atoms with Crippen molar-refractivity contribution < 1.29 is 4.92 Å². The first-order valence-corrected chi connectivity index (χ1v) is 4.18. The number of benzene rings is 1. The minimum Gasteiger partial charge on any atom is -0.393 e. The summed E-state index contributed by atoms with van der Waals surface area (Å²) in [4.78, 5) is 10.0. The van der Waals surface area contributed by atoms with Gasteiger partial charge in [0.15, 0.2) is 0 Å². The number of nitrogens with zero attached hydrogens (tertiary/aromatic N) is 1. The van der Waals surface area contributed by atoms with Crippen LogP contribution in [0.3, 0.4) is 0 Å². The van der Waals surface area contributed by atoms with Crippen molar-refractivity contribution in [2.75, 3.05) is 5.73 Å². The molecule has 5 nitrogen and oxygen atoms in total. The highest BCUT2D eigenvalue weighted by Gasteiger charge is 2.15. The molecule has 0 heterocycles. The lowest BCUT2D eigenvalue weighted by Gasteiger charge is -2.06. The standard InChI is InChI=1S/C9H11N3O2/c1-2-6-3-4-8(12(13)14)9(11)7(6)5-10/h3-5,10H,2,11H2,1H3. The molecular formula is C9H11N3O2. The molecule has 0 fully saturated rings. The Labute approximate surface area is 81.2 Å². The molecule has 0 saturated carbocycles. The molecule has 0 aliphatic rings. The van der Waals surface area contributed by atoms with Crippen molar-refractivity contribution in [3.05, 3.63) is 33.4 Å². The summed E-state index contributed by atoms with van der Waals surface area (Å²) in [6, 6.07) is 3.01. The van der Waals surface area contributed by atoms with Crippen molar-refractivity contribution >= 4 is 17.6 Å². The maximum Gasteiger partial charge on any atom is 0.292 e. The second kappa shape index (κ2) is 3.87. The van der Waals surface area contributed by atoms with Gasteiger partial charge >= 0.3 is 0 Å². The van der Waals surface area contributed by atoms with E-state index in [1.54, 1.807) is 6.07 Å². The van der Waals surface area contributed by atoms with E-state index in [1.165, 1.54) is 6.07 Å². The van der Waals surface area contributed by atoms with Gasteiger partial charge in [0.25, 0.3) is 5.69 Å². The molecule has 5 heteroatoms. The number of nitrogen functional groups attached to an aromatic ring is 1.